The van der Waals surface area contributed by atoms with Gasteiger partial charge >= 0.3 is 6.09 Å². The van der Waals surface area contributed by atoms with Crippen LogP contribution in [0.5, 0.6) is 0 Å². The van der Waals surface area contributed by atoms with Gasteiger partial charge in [-0.15, -0.1) is 0 Å². The van der Waals surface area contributed by atoms with Crippen LogP contribution in [0.3, 0.4) is 0 Å². The van der Waals surface area contributed by atoms with E-state index in [1.807, 2.05) is 6.08 Å². The number of carbonyl (C=O) groups is 1. The second-order valence-electron chi connectivity index (χ2n) is 2.27. The highest BCUT2D eigenvalue weighted by Crippen LogP contribution is 1.94. The second kappa shape index (κ2) is 3.98. The van der Waals surface area contributed by atoms with Gasteiger partial charge in [0.15, 0.2) is 0 Å². The maximum atomic E-state index is 10.5. The average Bonchev–Trinajstić information content (AvgIpc) is 1.84. The Kier molecular flexibility index (Phi) is 2.92. The number of amides is 1. The maximum absolute atomic E-state index is 10.5. The Morgan fingerprint density at radius 3 is 3.09 bits per heavy atom. The first-order chi connectivity index (χ1) is 5.30. The monoisotopic (exact) mass is 157 g/mol. The smallest absolute Gasteiger partial charge is 0.407 e. The zero-order valence-electron chi connectivity index (χ0n) is 6.19. The van der Waals surface area contributed by atoms with Gasteiger partial charge in [0.25, 0.3) is 0 Å². The van der Waals surface area contributed by atoms with Gasteiger partial charge in [-0.2, -0.15) is 0 Å². The average molecular weight is 157 g/mol. The van der Waals surface area contributed by atoms with Gasteiger partial charge in [0, 0.05) is 13.1 Å². The van der Waals surface area contributed by atoms with Gasteiger partial charge in [-0.25, -0.2) is 4.79 Å². The molecule has 0 aromatic rings. The zero-order valence-corrected chi connectivity index (χ0v) is 6.19. The quantitative estimate of drug-likeness (QED) is 0.522. The number of rotatable bonds is 0. The van der Waals surface area contributed by atoms with Crippen molar-refractivity contribution in [2.75, 3.05) is 26.3 Å². The van der Waals surface area contributed by atoms with Crippen LogP contribution >= 0.6 is 0 Å². The molecular formula is C7H11NO3. The molecule has 1 amide bonds. The molecule has 0 bridgehead atoms. The van der Waals surface area contributed by atoms with Crippen molar-refractivity contribution in [3.05, 3.63) is 12.2 Å². The largest absolute Gasteiger partial charge is 0.465 e. The van der Waals surface area contributed by atoms with Crippen LogP contribution in [0.4, 0.5) is 4.79 Å². The van der Waals surface area contributed by atoms with E-state index in [1.165, 1.54) is 4.90 Å². The molecular weight excluding hydrogens is 146 g/mol. The Morgan fingerprint density at radius 1 is 1.55 bits per heavy atom. The molecule has 0 unspecified atom stereocenters. The number of ether oxygens (including phenoxy) is 1. The lowest BCUT2D eigenvalue weighted by atomic mass is 10.4. The summed E-state index contributed by atoms with van der Waals surface area (Å²) in [5.74, 6) is 0. The van der Waals surface area contributed by atoms with E-state index in [0.29, 0.717) is 26.3 Å². The molecule has 0 aromatic carbocycles. The summed E-state index contributed by atoms with van der Waals surface area (Å²) in [5, 5.41) is 8.59. The molecule has 11 heavy (non-hydrogen) atoms. The third kappa shape index (κ3) is 2.59. The summed E-state index contributed by atoms with van der Waals surface area (Å²) in [5.41, 5.74) is 0. The molecule has 1 N–H and O–H groups in total. The van der Waals surface area contributed by atoms with Gasteiger partial charge in [0.2, 0.25) is 0 Å². The lowest BCUT2D eigenvalue weighted by Crippen LogP contribution is -2.33. The maximum Gasteiger partial charge on any atom is 0.407 e. The van der Waals surface area contributed by atoms with Crippen LogP contribution in [0.15, 0.2) is 12.2 Å². The zero-order chi connectivity index (χ0) is 8.10. The molecule has 1 aliphatic rings. The number of hydrogen-bond acceptors (Lipinski definition) is 2. The van der Waals surface area contributed by atoms with E-state index in [2.05, 4.69) is 0 Å². The molecule has 4 heteroatoms. The standard InChI is InChI=1S/C7H11NO3/c9-7(10)8-3-1-2-5-11-6-4-8/h1-2H,3-6H2,(H,9,10)/b2-1-. The predicted molar refractivity (Wildman–Crippen MR) is 39.6 cm³/mol. The van der Waals surface area contributed by atoms with Gasteiger partial charge in [0.1, 0.15) is 0 Å². The first kappa shape index (κ1) is 8.07. The van der Waals surface area contributed by atoms with Crippen molar-refractivity contribution in [1.82, 2.24) is 4.90 Å². The molecule has 1 aliphatic heterocycles. The third-order valence-corrected chi connectivity index (χ3v) is 1.48. The van der Waals surface area contributed by atoms with Gasteiger partial charge in [-0.1, -0.05) is 12.2 Å². The molecule has 0 spiro atoms. The molecule has 0 saturated heterocycles. The Bertz CT molecular complexity index is 167. The lowest BCUT2D eigenvalue weighted by Gasteiger charge is -2.18. The SMILES string of the molecule is O=C(O)N1C/C=C\COCC1. The summed E-state index contributed by atoms with van der Waals surface area (Å²) in [7, 11) is 0. The third-order valence-electron chi connectivity index (χ3n) is 1.48. The molecule has 0 radical (unpaired) electrons. The fourth-order valence-corrected chi connectivity index (χ4v) is 0.861. The van der Waals surface area contributed by atoms with E-state index in [-0.39, 0.29) is 0 Å². The fourth-order valence-electron chi connectivity index (χ4n) is 0.861. The fraction of sp³-hybridized carbons (Fsp3) is 0.571. The van der Waals surface area contributed by atoms with Gasteiger partial charge < -0.3 is 14.7 Å². The van der Waals surface area contributed by atoms with E-state index in [9.17, 15) is 4.79 Å². The van der Waals surface area contributed by atoms with Gasteiger partial charge in [0.05, 0.1) is 13.2 Å². The topological polar surface area (TPSA) is 49.8 Å². The van der Waals surface area contributed by atoms with E-state index >= 15 is 0 Å². The van der Waals surface area contributed by atoms with Crippen LogP contribution < -0.4 is 0 Å². The molecule has 4 nitrogen and oxygen atoms in total. The Balaban J connectivity index is 2.45. The minimum absolute atomic E-state index is 0.458. The van der Waals surface area contributed by atoms with Gasteiger partial charge in [-0.05, 0) is 0 Å². The highest BCUT2D eigenvalue weighted by molar-refractivity contribution is 5.65. The first-order valence-corrected chi connectivity index (χ1v) is 3.51. The molecule has 0 fully saturated rings. The van der Waals surface area contributed by atoms with Crippen LogP contribution in [-0.4, -0.2) is 42.4 Å². The number of hydrogen-bond donors (Lipinski definition) is 1. The van der Waals surface area contributed by atoms with E-state index in [4.69, 9.17) is 9.84 Å². The molecule has 0 saturated carbocycles. The Morgan fingerprint density at radius 2 is 2.36 bits per heavy atom. The van der Waals surface area contributed by atoms with Crippen molar-refractivity contribution in [2.24, 2.45) is 0 Å². The van der Waals surface area contributed by atoms with Crippen molar-refractivity contribution in [2.45, 2.75) is 0 Å². The van der Waals surface area contributed by atoms with Crippen molar-refractivity contribution >= 4 is 6.09 Å². The van der Waals surface area contributed by atoms with Crippen molar-refractivity contribution in [3.63, 3.8) is 0 Å². The summed E-state index contributed by atoms with van der Waals surface area (Å²) in [4.78, 5) is 11.8. The van der Waals surface area contributed by atoms with Crippen LogP contribution in [0.25, 0.3) is 0 Å². The molecule has 0 atom stereocenters. The van der Waals surface area contributed by atoms with Crippen LogP contribution in [0, 0.1) is 0 Å². The Labute approximate surface area is 65.1 Å². The molecule has 0 aromatic heterocycles. The highest BCUT2D eigenvalue weighted by Gasteiger charge is 2.09. The summed E-state index contributed by atoms with van der Waals surface area (Å²) in [6.45, 7) is 2.00. The minimum atomic E-state index is -0.889. The highest BCUT2D eigenvalue weighted by atomic mass is 16.5. The summed E-state index contributed by atoms with van der Waals surface area (Å²) in [6, 6.07) is 0. The van der Waals surface area contributed by atoms with E-state index < -0.39 is 6.09 Å². The first-order valence-electron chi connectivity index (χ1n) is 3.51. The second-order valence-corrected chi connectivity index (χ2v) is 2.27. The molecule has 1 heterocycles. The summed E-state index contributed by atoms with van der Waals surface area (Å²) < 4.78 is 5.06. The van der Waals surface area contributed by atoms with Crippen LogP contribution in [0.2, 0.25) is 0 Å². The minimum Gasteiger partial charge on any atom is -0.465 e. The van der Waals surface area contributed by atoms with Crippen molar-refractivity contribution in [3.8, 4) is 0 Å². The summed E-state index contributed by atoms with van der Waals surface area (Å²) in [6.07, 6.45) is 2.74. The van der Waals surface area contributed by atoms with Gasteiger partial charge in [-0.3, -0.25) is 0 Å². The van der Waals surface area contributed by atoms with Crippen molar-refractivity contribution in [1.29, 1.82) is 0 Å². The number of nitrogens with zero attached hydrogens (tertiary/aromatic N) is 1. The molecule has 0 aliphatic carbocycles. The lowest BCUT2D eigenvalue weighted by molar-refractivity contribution is 0.107. The van der Waals surface area contributed by atoms with E-state index in [1.54, 1.807) is 6.08 Å². The molecule has 1 rings (SSSR count). The predicted octanol–water partition coefficient (Wildman–Crippen LogP) is 0.553. The van der Waals surface area contributed by atoms with Crippen LogP contribution in [-0.2, 0) is 4.74 Å². The normalized spacial score (nSPS) is 22.0. The van der Waals surface area contributed by atoms with Crippen molar-refractivity contribution < 1.29 is 14.6 Å². The van der Waals surface area contributed by atoms with Crippen LogP contribution in [0.1, 0.15) is 0 Å². The van der Waals surface area contributed by atoms with E-state index in [0.717, 1.165) is 0 Å². The Hall–Kier alpha value is -1.03. The molecule has 62 valence electrons. The number of carboxylic acid groups (broad SMARTS) is 1. The summed E-state index contributed by atoms with van der Waals surface area (Å²) >= 11 is 0.